The fraction of sp³-hybridized carbons (Fsp3) is 0.292. The highest BCUT2D eigenvalue weighted by Crippen LogP contribution is 2.44. The molecule has 10 heteroatoms. The topological polar surface area (TPSA) is 93.4 Å². The molecule has 0 fully saturated rings. The van der Waals surface area contributed by atoms with Crippen LogP contribution in [0, 0.1) is 5.82 Å². The summed E-state index contributed by atoms with van der Waals surface area (Å²) in [5.74, 6) is -0.580. The Bertz CT molecular complexity index is 1160. The van der Waals surface area contributed by atoms with Gasteiger partial charge in [-0.05, 0) is 42.2 Å². The maximum atomic E-state index is 14.2. The molecule has 0 bridgehead atoms. The predicted octanol–water partition coefficient (Wildman–Crippen LogP) is 3.89. The Morgan fingerprint density at radius 2 is 2.12 bits per heavy atom. The molecule has 34 heavy (non-hydrogen) atoms. The molecule has 1 N–H and O–H groups in total. The van der Waals surface area contributed by atoms with Crippen LogP contribution in [-0.2, 0) is 25.6 Å². The second-order valence-corrected chi connectivity index (χ2v) is 8.45. The molecule has 2 aromatic rings. The molecule has 0 radical (unpaired) electrons. The van der Waals surface area contributed by atoms with Crippen molar-refractivity contribution in [3.8, 4) is 0 Å². The van der Waals surface area contributed by atoms with Gasteiger partial charge in [0.25, 0.3) is 0 Å². The van der Waals surface area contributed by atoms with Crippen molar-refractivity contribution in [1.29, 1.82) is 0 Å². The van der Waals surface area contributed by atoms with Gasteiger partial charge >= 0.3 is 5.97 Å². The average Bonchev–Trinajstić information content (AvgIpc) is 3.47. The number of benzene rings is 1. The number of amidine groups is 1. The van der Waals surface area contributed by atoms with Crippen LogP contribution in [-0.4, -0.2) is 42.3 Å². The highest BCUT2D eigenvalue weighted by Gasteiger charge is 2.41. The summed E-state index contributed by atoms with van der Waals surface area (Å²) in [4.78, 5) is 32.1. The van der Waals surface area contributed by atoms with E-state index in [1.54, 1.807) is 42.4 Å². The molecule has 0 saturated carbocycles. The van der Waals surface area contributed by atoms with Crippen molar-refractivity contribution >= 4 is 28.8 Å². The number of carbonyl (C=O) groups excluding carboxylic acids is 2. The van der Waals surface area contributed by atoms with E-state index in [4.69, 9.17) is 13.9 Å². The van der Waals surface area contributed by atoms with Gasteiger partial charge < -0.3 is 24.1 Å². The highest BCUT2D eigenvalue weighted by molar-refractivity contribution is 8.16. The molecule has 1 aromatic carbocycles. The number of amides is 1. The SMILES string of the molecule is COCCOC(=O)C1=C(C)N=C2SC=C(CC(=O)NCc3ccco3)N2[C@@H]1c1cccc(F)c1. The molecule has 0 spiro atoms. The predicted molar refractivity (Wildman–Crippen MR) is 125 cm³/mol. The summed E-state index contributed by atoms with van der Waals surface area (Å²) in [6.45, 7) is 2.30. The summed E-state index contributed by atoms with van der Waals surface area (Å²) in [5.41, 5.74) is 1.96. The summed E-state index contributed by atoms with van der Waals surface area (Å²) in [6, 6.07) is 8.87. The molecule has 0 unspecified atom stereocenters. The van der Waals surface area contributed by atoms with E-state index in [1.165, 1.54) is 31.0 Å². The molecule has 0 aliphatic carbocycles. The van der Waals surface area contributed by atoms with E-state index in [9.17, 15) is 14.0 Å². The lowest BCUT2D eigenvalue weighted by molar-refractivity contribution is -0.141. The van der Waals surface area contributed by atoms with E-state index in [0.717, 1.165) is 0 Å². The summed E-state index contributed by atoms with van der Waals surface area (Å²) in [7, 11) is 1.51. The van der Waals surface area contributed by atoms with Crippen LogP contribution in [0.5, 0.6) is 0 Å². The molecular formula is C24H24FN3O5S. The Morgan fingerprint density at radius 3 is 2.85 bits per heavy atom. The summed E-state index contributed by atoms with van der Waals surface area (Å²) in [5, 5.41) is 5.25. The Balaban J connectivity index is 1.61. The Hall–Kier alpha value is -3.37. The number of hydrogen-bond acceptors (Lipinski definition) is 8. The molecule has 1 atom stereocenters. The number of fused-ring (bicyclic) bond motifs is 1. The minimum absolute atomic E-state index is 0.0452. The number of carbonyl (C=O) groups is 2. The Labute approximate surface area is 200 Å². The van der Waals surface area contributed by atoms with Crippen LogP contribution in [0.1, 0.15) is 30.7 Å². The summed E-state index contributed by atoms with van der Waals surface area (Å²) in [6.07, 6.45) is 1.59. The third kappa shape index (κ3) is 5.23. The van der Waals surface area contributed by atoms with Gasteiger partial charge in [-0.1, -0.05) is 23.9 Å². The van der Waals surface area contributed by atoms with Crippen LogP contribution < -0.4 is 5.32 Å². The number of allylic oxidation sites excluding steroid dienone is 1. The van der Waals surface area contributed by atoms with Crippen molar-refractivity contribution in [3.05, 3.63) is 82.2 Å². The number of nitrogens with one attached hydrogen (secondary N) is 1. The van der Waals surface area contributed by atoms with Crippen molar-refractivity contribution < 1.29 is 27.9 Å². The first-order chi connectivity index (χ1) is 16.5. The number of ether oxygens (including phenoxy) is 2. The average molecular weight is 486 g/mol. The van der Waals surface area contributed by atoms with E-state index in [-0.39, 0.29) is 37.7 Å². The minimum atomic E-state index is -0.697. The highest BCUT2D eigenvalue weighted by atomic mass is 32.2. The van der Waals surface area contributed by atoms with Crippen LogP contribution in [0.3, 0.4) is 0 Å². The first-order valence-electron chi connectivity index (χ1n) is 10.6. The first-order valence-corrected chi connectivity index (χ1v) is 11.5. The zero-order chi connectivity index (χ0) is 24.1. The van der Waals surface area contributed by atoms with Gasteiger partial charge in [0.05, 0.1) is 43.1 Å². The molecule has 0 saturated heterocycles. The number of thioether (sulfide) groups is 1. The zero-order valence-electron chi connectivity index (χ0n) is 18.7. The van der Waals surface area contributed by atoms with Crippen LogP contribution in [0.25, 0.3) is 0 Å². The molecular weight excluding hydrogens is 461 g/mol. The van der Waals surface area contributed by atoms with Crippen molar-refractivity contribution in [2.24, 2.45) is 4.99 Å². The van der Waals surface area contributed by atoms with Crippen molar-refractivity contribution in [1.82, 2.24) is 10.2 Å². The number of furan rings is 1. The number of methoxy groups -OCH3 is 1. The van der Waals surface area contributed by atoms with Crippen molar-refractivity contribution in [3.63, 3.8) is 0 Å². The van der Waals surface area contributed by atoms with E-state index in [0.29, 0.717) is 27.9 Å². The molecule has 2 aliphatic heterocycles. The second-order valence-electron chi connectivity index (χ2n) is 7.61. The quantitative estimate of drug-likeness (QED) is 0.425. The van der Waals surface area contributed by atoms with Crippen LogP contribution in [0.2, 0.25) is 0 Å². The van der Waals surface area contributed by atoms with E-state index in [1.807, 2.05) is 5.41 Å². The standard InChI is InChI=1S/C24H24FN3O5S/c1-15-21(23(30)33-10-9-31-2)22(16-5-3-6-17(25)11-16)28-18(14-34-24(28)27-15)12-20(29)26-13-19-7-4-8-32-19/h3-8,11,14,22H,9-10,12-13H2,1-2H3,(H,26,29)/t22-/m1/s1. The fourth-order valence-corrected chi connectivity index (χ4v) is 4.71. The van der Waals surface area contributed by atoms with Crippen LogP contribution >= 0.6 is 11.8 Å². The third-order valence-electron chi connectivity index (χ3n) is 5.29. The van der Waals surface area contributed by atoms with Crippen LogP contribution in [0.15, 0.2) is 74.4 Å². The number of hydrogen-bond donors (Lipinski definition) is 1. The number of aliphatic imine (C=N–C) groups is 1. The molecule has 3 heterocycles. The van der Waals surface area contributed by atoms with Gasteiger partial charge in [-0.25, -0.2) is 14.2 Å². The van der Waals surface area contributed by atoms with Gasteiger partial charge in [-0.3, -0.25) is 4.79 Å². The Kier molecular flexibility index (Phi) is 7.49. The normalized spacial score (nSPS) is 17.3. The smallest absolute Gasteiger partial charge is 0.338 e. The lowest BCUT2D eigenvalue weighted by atomic mass is 9.93. The second kappa shape index (κ2) is 10.7. The van der Waals surface area contributed by atoms with Gasteiger partial charge in [-0.15, -0.1) is 0 Å². The first kappa shape index (κ1) is 23.8. The monoisotopic (exact) mass is 485 g/mol. The molecule has 2 aliphatic rings. The molecule has 8 nitrogen and oxygen atoms in total. The maximum absolute atomic E-state index is 14.2. The number of rotatable bonds is 9. The van der Waals surface area contributed by atoms with Crippen molar-refractivity contribution in [2.75, 3.05) is 20.3 Å². The van der Waals surface area contributed by atoms with Crippen molar-refractivity contribution in [2.45, 2.75) is 25.9 Å². The molecule has 1 aromatic heterocycles. The summed E-state index contributed by atoms with van der Waals surface area (Å²) >= 11 is 1.35. The van der Waals surface area contributed by atoms with Gasteiger partial charge in [-0.2, -0.15) is 0 Å². The lowest BCUT2D eigenvalue weighted by Gasteiger charge is -2.36. The molecule has 4 rings (SSSR count). The zero-order valence-corrected chi connectivity index (χ0v) is 19.6. The maximum Gasteiger partial charge on any atom is 0.338 e. The van der Waals surface area contributed by atoms with Gasteiger partial charge in [0.2, 0.25) is 5.91 Å². The van der Waals surface area contributed by atoms with Gasteiger partial charge in [0.15, 0.2) is 5.17 Å². The number of halogens is 1. The fourth-order valence-electron chi connectivity index (χ4n) is 3.74. The molecule has 1 amide bonds. The number of esters is 1. The summed E-state index contributed by atoms with van der Waals surface area (Å²) < 4.78 is 29.8. The van der Waals surface area contributed by atoms with Crippen LogP contribution in [0.4, 0.5) is 4.39 Å². The van der Waals surface area contributed by atoms with Gasteiger partial charge in [0.1, 0.15) is 18.2 Å². The number of nitrogens with zero attached hydrogens (tertiary/aromatic N) is 2. The largest absolute Gasteiger partial charge is 0.467 e. The van der Waals surface area contributed by atoms with E-state index < -0.39 is 17.8 Å². The lowest BCUT2D eigenvalue weighted by Crippen LogP contribution is -2.38. The van der Waals surface area contributed by atoms with E-state index >= 15 is 0 Å². The van der Waals surface area contributed by atoms with E-state index in [2.05, 4.69) is 10.3 Å². The Morgan fingerprint density at radius 1 is 1.26 bits per heavy atom. The van der Waals surface area contributed by atoms with Gasteiger partial charge in [0, 0.05) is 12.8 Å². The third-order valence-corrected chi connectivity index (χ3v) is 6.18. The molecule has 178 valence electrons. The minimum Gasteiger partial charge on any atom is -0.467 e.